The minimum Gasteiger partial charge on any atom is -0.477 e. The smallest absolute Gasteiger partial charge is 0.354 e. The van der Waals surface area contributed by atoms with Crippen molar-refractivity contribution in [2.45, 2.75) is 6.92 Å². The van der Waals surface area contributed by atoms with E-state index in [0.717, 1.165) is 27.7 Å². The van der Waals surface area contributed by atoms with Gasteiger partial charge in [-0.3, -0.25) is 4.98 Å². The highest BCUT2D eigenvalue weighted by molar-refractivity contribution is 5.87. The summed E-state index contributed by atoms with van der Waals surface area (Å²) in [6.07, 6.45) is 1.58. The number of hydrogen-bond acceptors (Lipinski definition) is 3. The van der Waals surface area contributed by atoms with Crippen molar-refractivity contribution in [1.29, 1.82) is 0 Å². The molecule has 3 aromatic rings. The van der Waals surface area contributed by atoms with Gasteiger partial charge in [-0.15, -0.1) is 0 Å². The molecule has 1 aromatic carbocycles. The molecule has 0 fully saturated rings. The predicted octanol–water partition coefficient (Wildman–Crippen LogP) is 3.30. The Bertz CT molecular complexity index is 795. The number of pyridine rings is 2. The molecule has 0 amide bonds. The average molecular weight is 264 g/mol. The first kappa shape index (κ1) is 12.3. The number of nitrogens with zero attached hydrogens (tertiary/aromatic N) is 2. The monoisotopic (exact) mass is 264 g/mol. The second-order valence-electron chi connectivity index (χ2n) is 4.60. The van der Waals surface area contributed by atoms with Crippen molar-refractivity contribution in [3.8, 4) is 11.1 Å². The van der Waals surface area contributed by atoms with Crippen LogP contribution in [0, 0.1) is 6.92 Å². The summed E-state index contributed by atoms with van der Waals surface area (Å²) >= 11 is 0. The van der Waals surface area contributed by atoms with E-state index in [-0.39, 0.29) is 5.69 Å². The van der Waals surface area contributed by atoms with Crippen LogP contribution in [0.3, 0.4) is 0 Å². The molecule has 0 atom stereocenters. The lowest BCUT2D eigenvalue weighted by molar-refractivity contribution is 0.0690. The molecule has 4 nitrogen and oxygen atoms in total. The molecule has 2 heterocycles. The number of aryl methyl sites for hydroxylation is 1. The highest BCUT2D eigenvalue weighted by Gasteiger charge is 2.05. The molecule has 98 valence electrons. The summed E-state index contributed by atoms with van der Waals surface area (Å²) in [5.74, 6) is -1.02. The topological polar surface area (TPSA) is 63.1 Å². The molecule has 2 aromatic heterocycles. The number of hydrogen-bond donors (Lipinski definition) is 1. The quantitative estimate of drug-likeness (QED) is 0.771. The summed E-state index contributed by atoms with van der Waals surface area (Å²) in [5.41, 5.74) is 3.86. The highest BCUT2D eigenvalue weighted by atomic mass is 16.4. The van der Waals surface area contributed by atoms with Gasteiger partial charge in [0.15, 0.2) is 0 Å². The first-order valence-corrected chi connectivity index (χ1v) is 6.20. The van der Waals surface area contributed by atoms with E-state index in [1.165, 1.54) is 6.07 Å². The van der Waals surface area contributed by atoms with Crippen LogP contribution < -0.4 is 0 Å². The molecule has 0 radical (unpaired) electrons. The van der Waals surface area contributed by atoms with Crippen molar-refractivity contribution >= 4 is 16.9 Å². The Morgan fingerprint density at radius 2 is 1.85 bits per heavy atom. The Hall–Kier alpha value is -2.75. The van der Waals surface area contributed by atoms with E-state index in [2.05, 4.69) is 9.97 Å². The van der Waals surface area contributed by atoms with E-state index < -0.39 is 5.97 Å². The Morgan fingerprint density at radius 1 is 1.05 bits per heavy atom. The van der Waals surface area contributed by atoms with Crippen LogP contribution in [0.25, 0.3) is 22.0 Å². The molecular weight excluding hydrogens is 252 g/mol. The normalized spacial score (nSPS) is 10.7. The van der Waals surface area contributed by atoms with Gasteiger partial charge in [0.2, 0.25) is 0 Å². The fraction of sp³-hybridized carbons (Fsp3) is 0.0625. The van der Waals surface area contributed by atoms with Gasteiger partial charge in [0, 0.05) is 22.8 Å². The molecule has 20 heavy (non-hydrogen) atoms. The summed E-state index contributed by atoms with van der Waals surface area (Å²) in [6.45, 7) is 1.96. The van der Waals surface area contributed by atoms with E-state index in [4.69, 9.17) is 5.11 Å². The second-order valence-corrected chi connectivity index (χ2v) is 4.60. The van der Waals surface area contributed by atoms with Crippen LogP contribution in [-0.4, -0.2) is 21.0 Å². The van der Waals surface area contributed by atoms with Gasteiger partial charge >= 0.3 is 5.97 Å². The molecule has 0 saturated heterocycles. The molecule has 3 rings (SSSR count). The fourth-order valence-corrected chi connectivity index (χ4v) is 2.10. The number of aromatic carboxylic acids is 1. The van der Waals surface area contributed by atoms with Crippen LogP contribution in [0.2, 0.25) is 0 Å². The van der Waals surface area contributed by atoms with E-state index in [9.17, 15) is 4.79 Å². The van der Waals surface area contributed by atoms with Gasteiger partial charge < -0.3 is 5.11 Å². The van der Waals surface area contributed by atoms with E-state index in [0.29, 0.717) is 0 Å². The van der Waals surface area contributed by atoms with Crippen molar-refractivity contribution in [1.82, 2.24) is 9.97 Å². The average Bonchev–Trinajstić information content (AvgIpc) is 2.47. The maximum absolute atomic E-state index is 10.8. The number of fused-ring (bicyclic) bond motifs is 1. The van der Waals surface area contributed by atoms with Gasteiger partial charge in [0.05, 0.1) is 5.52 Å². The molecule has 0 aliphatic heterocycles. The molecular formula is C16H12N2O2. The van der Waals surface area contributed by atoms with Crippen LogP contribution in [-0.2, 0) is 0 Å². The summed E-state index contributed by atoms with van der Waals surface area (Å²) in [5, 5.41) is 9.89. The highest BCUT2D eigenvalue weighted by Crippen LogP contribution is 2.23. The van der Waals surface area contributed by atoms with E-state index >= 15 is 0 Å². The summed E-state index contributed by atoms with van der Waals surface area (Å²) in [6, 6.07) is 13.2. The summed E-state index contributed by atoms with van der Waals surface area (Å²) in [4.78, 5) is 19.2. The third-order valence-electron chi connectivity index (χ3n) is 3.14. The maximum atomic E-state index is 10.8. The van der Waals surface area contributed by atoms with Crippen LogP contribution in [0.15, 0.2) is 48.7 Å². The second kappa shape index (κ2) is 4.74. The number of rotatable bonds is 2. The predicted molar refractivity (Wildman–Crippen MR) is 76.7 cm³/mol. The minimum absolute atomic E-state index is 0.0480. The van der Waals surface area contributed by atoms with Crippen LogP contribution >= 0.6 is 0 Å². The van der Waals surface area contributed by atoms with Gasteiger partial charge in [-0.1, -0.05) is 18.2 Å². The zero-order chi connectivity index (χ0) is 14.1. The van der Waals surface area contributed by atoms with Crippen LogP contribution in [0.5, 0.6) is 0 Å². The Morgan fingerprint density at radius 3 is 2.55 bits per heavy atom. The number of carbonyl (C=O) groups is 1. The zero-order valence-corrected chi connectivity index (χ0v) is 10.9. The molecule has 0 aliphatic rings. The number of carboxylic acid groups (broad SMARTS) is 1. The van der Waals surface area contributed by atoms with Crippen molar-refractivity contribution in [2.24, 2.45) is 0 Å². The van der Waals surface area contributed by atoms with Crippen molar-refractivity contribution in [3.63, 3.8) is 0 Å². The van der Waals surface area contributed by atoms with Crippen LogP contribution in [0.4, 0.5) is 0 Å². The number of aromatic nitrogens is 2. The summed E-state index contributed by atoms with van der Waals surface area (Å²) < 4.78 is 0. The standard InChI is InChI=1S/C16H12N2O2/c1-10-2-3-12-8-11(4-6-14(12)18-10)13-5-7-15(16(19)20)17-9-13/h2-9H,1H3,(H,19,20). The Balaban J connectivity index is 2.05. The zero-order valence-electron chi connectivity index (χ0n) is 10.9. The Labute approximate surface area is 115 Å². The largest absolute Gasteiger partial charge is 0.477 e. The third kappa shape index (κ3) is 2.23. The maximum Gasteiger partial charge on any atom is 0.354 e. The third-order valence-corrected chi connectivity index (χ3v) is 3.14. The molecule has 0 unspecified atom stereocenters. The first-order valence-electron chi connectivity index (χ1n) is 6.20. The molecule has 0 aliphatic carbocycles. The van der Waals surface area contributed by atoms with Crippen molar-refractivity contribution in [3.05, 3.63) is 60.0 Å². The van der Waals surface area contributed by atoms with Gasteiger partial charge in [-0.05, 0) is 36.8 Å². The van der Waals surface area contributed by atoms with Gasteiger partial charge in [0.25, 0.3) is 0 Å². The molecule has 0 saturated carbocycles. The van der Waals surface area contributed by atoms with Gasteiger partial charge in [-0.2, -0.15) is 0 Å². The van der Waals surface area contributed by atoms with E-state index in [1.807, 2.05) is 37.3 Å². The first-order chi connectivity index (χ1) is 9.63. The molecule has 0 spiro atoms. The number of benzene rings is 1. The summed E-state index contributed by atoms with van der Waals surface area (Å²) in [7, 11) is 0. The van der Waals surface area contributed by atoms with Gasteiger partial charge in [-0.25, -0.2) is 9.78 Å². The molecule has 0 bridgehead atoms. The van der Waals surface area contributed by atoms with Crippen molar-refractivity contribution < 1.29 is 9.90 Å². The number of carboxylic acids is 1. The Kier molecular flexibility index (Phi) is 2.91. The fourth-order valence-electron chi connectivity index (χ4n) is 2.10. The van der Waals surface area contributed by atoms with Crippen LogP contribution in [0.1, 0.15) is 16.2 Å². The lowest BCUT2D eigenvalue weighted by atomic mass is 10.0. The lowest BCUT2D eigenvalue weighted by Gasteiger charge is -2.04. The lowest BCUT2D eigenvalue weighted by Crippen LogP contribution is -1.99. The van der Waals surface area contributed by atoms with Gasteiger partial charge in [0.1, 0.15) is 5.69 Å². The molecule has 1 N–H and O–H groups in total. The SMILES string of the molecule is Cc1ccc2cc(-c3ccc(C(=O)O)nc3)ccc2n1. The molecule has 4 heteroatoms. The van der Waals surface area contributed by atoms with E-state index in [1.54, 1.807) is 12.3 Å². The van der Waals surface area contributed by atoms with Crippen molar-refractivity contribution in [2.75, 3.05) is 0 Å². The minimum atomic E-state index is -1.02.